The second-order valence-electron chi connectivity index (χ2n) is 8.87. The zero-order chi connectivity index (χ0) is 29.0. The fourth-order valence-electron chi connectivity index (χ4n) is 3.95. The summed E-state index contributed by atoms with van der Waals surface area (Å²) in [5.74, 6) is -0.193. The Labute approximate surface area is 264 Å². The standard InChI is InChI=1S/C30H21Br2ClN2O4S2/c31-23-15-22(28(26(32)17-23)39-41(37,38)25-13-11-24(33)12-14-25)16-27-29(36)35(19-21-9-5-2-6-10-21)30(40-27)34-18-20-7-3-1-4-8-20/h1-17H,18-19H2/b27-16+,34-30?. The minimum atomic E-state index is -4.20. The number of carbonyl (C=O) groups is 1. The molecule has 1 fully saturated rings. The SMILES string of the molecule is O=C1/C(=C\c2cc(Br)cc(Br)c2OS(=O)(=O)c2ccc(Cl)cc2)SC(=NCc2ccccc2)N1Cc1ccccc1. The third kappa shape index (κ3) is 7.31. The molecule has 1 saturated heterocycles. The van der Waals surface area contributed by atoms with Gasteiger partial charge in [-0.25, -0.2) is 0 Å². The van der Waals surface area contributed by atoms with Crippen molar-refractivity contribution in [3.63, 3.8) is 0 Å². The van der Waals surface area contributed by atoms with Crippen LogP contribution < -0.4 is 4.18 Å². The number of halogens is 3. The molecule has 1 amide bonds. The summed E-state index contributed by atoms with van der Waals surface area (Å²) in [5.41, 5.74) is 2.37. The first-order chi connectivity index (χ1) is 19.7. The molecule has 1 heterocycles. The number of hydrogen-bond acceptors (Lipinski definition) is 6. The second kappa shape index (κ2) is 13.0. The van der Waals surface area contributed by atoms with E-state index in [4.69, 9.17) is 20.8 Å². The van der Waals surface area contributed by atoms with Crippen LogP contribution in [0.3, 0.4) is 0 Å². The van der Waals surface area contributed by atoms with Crippen molar-refractivity contribution in [1.29, 1.82) is 0 Å². The van der Waals surface area contributed by atoms with Crippen molar-refractivity contribution >= 4 is 82.5 Å². The predicted molar refractivity (Wildman–Crippen MR) is 171 cm³/mol. The lowest BCUT2D eigenvalue weighted by molar-refractivity contribution is -0.122. The molecule has 5 rings (SSSR count). The fraction of sp³-hybridized carbons (Fsp3) is 0.0667. The van der Waals surface area contributed by atoms with Crippen LogP contribution in [-0.4, -0.2) is 24.4 Å². The lowest BCUT2D eigenvalue weighted by Gasteiger charge is -2.16. The largest absolute Gasteiger partial charge is 0.377 e. The lowest BCUT2D eigenvalue weighted by atomic mass is 10.1. The molecule has 0 bridgehead atoms. The van der Waals surface area contributed by atoms with Gasteiger partial charge in [0.1, 0.15) is 4.90 Å². The minimum absolute atomic E-state index is 0.0494. The average molecular weight is 733 g/mol. The maximum absolute atomic E-state index is 13.7. The quantitative estimate of drug-likeness (QED) is 0.135. The molecule has 0 spiro atoms. The number of aliphatic imine (C=N–C) groups is 1. The van der Waals surface area contributed by atoms with Crippen molar-refractivity contribution < 1.29 is 17.4 Å². The number of benzene rings is 4. The van der Waals surface area contributed by atoms with E-state index in [0.717, 1.165) is 11.1 Å². The zero-order valence-corrected chi connectivity index (χ0v) is 26.8. The van der Waals surface area contributed by atoms with Crippen LogP contribution in [0.15, 0.2) is 121 Å². The van der Waals surface area contributed by atoms with Crippen molar-refractivity contribution in [2.75, 3.05) is 0 Å². The Kier molecular flexibility index (Phi) is 9.35. The van der Waals surface area contributed by atoms with Gasteiger partial charge in [0.2, 0.25) is 0 Å². The van der Waals surface area contributed by atoms with E-state index in [2.05, 4.69) is 31.9 Å². The van der Waals surface area contributed by atoms with Crippen molar-refractivity contribution in [3.05, 3.63) is 133 Å². The van der Waals surface area contributed by atoms with E-state index in [-0.39, 0.29) is 16.6 Å². The van der Waals surface area contributed by atoms with Gasteiger partial charge in [-0.05, 0) is 81.3 Å². The molecule has 6 nitrogen and oxygen atoms in total. The molecule has 1 aliphatic heterocycles. The van der Waals surface area contributed by atoms with E-state index in [1.807, 2.05) is 60.7 Å². The highest BCUT2D eigenvalue weighted by atomic mass is 79.9. The summed E-state index contributed by atoms with van der Waals surface area (Å²) in [4.78, 5) is 20.4. The summed E-state index contributed by atoms with van der Waals surface area (Å²) in [7, 11) is -4.20. The Morgan fingerprint density at radius 3 is 2.20 bits per heavy atom. The van der Waals surface area contributed by atoms with Gasteiger partial charge in [-0.3, -0.25) is 14.7 Å². The Balaban J connectivity index is 1.51. The number of rotatable bonds is 8. The van der Waals surface area contributed by atoms with Crippen LogP contribution in [0, 0.1) is 0 Å². The molecule has 0 saturated carbocycles. The molecule has 0 aromatic heterocycles. The molecule has 4 aromatic rings. The van der Waals surface area contributed by atoms with E-state index in [9.17, 15) is 13.2 Å². The Hall–Kier alpha value is -2.89. The van der Waals surface area contributed by atoms with Gasteiger partial charge in [0.15, 0.2) is 10.9 Å². The number of thioether (sulfide) groups is 1. The van der Waals surface area contributed by atoms with Gasteiger partial charge >= 0.3 is 10.1 Å². The summed E-state index contributed by atoms with van der Waals surface area (Å²) in [5, 5.41) is 0.958. The number of nitrogens with zero attached hydrogens (tertiary/aromatic N) is 2. The van der Waals surface area contributed by atoms with Crippen molar-refractivity contribution in [1.82, 2.24) is 4.90 Å². The van der Waals surface area contributed by atoms with Gasteiger partial charge in [0.05, 0.1) is 22.5 Å². The molecule has 41 heavy (non-hydrogen) atoms. The predicted octanol–water partition coefficient (Wildman–Crippen LogP) is 8.31. The monoisotopic (exact) mass is 730 g/mol. The molecule has 0 aliphatic carbocycles. The smallest absolute Gasteiger partial charge is 0.339 e. The molecule has 0 radical (unpaired) electrons. The number of hydrogen-bond donors (Lipinski definition) is 0. The first-order valence-electron chi connectivity index (χ1n) is 12.2. The summed E-state index contributed by atoms with van der Waals surface area (Å²) in [6, 6.07) is 28.5. The van der Waals surface area contributed by atoms with Crippen LogP contribution in [0.5, 0.6) is 5.75 Å². The third-order valence-electron chi connectivity index (χ3n) is 5.93. The van der Waals surface area contributed by atoms with Gasteiger partial charge < -0.3 is 4.18 Å². The zero-order valence-electron chi connectivity index (χ0n) is 21.2. The first-order valence-corrected chi connectivity index (χ1v) is 16.4. The van der Waals surface area contributed by atoms with Crippen molar-refractivity contribution in [2.45, 2.75) is 18.0 Å². The van der Waals surface area contributed by atoms with E-state index in [1.54, 1.807) is 23.1 Å². The van der Waals surface area contributed by atoms with Crippen LogP contribution >= 0.6 is 55.2 Å². The Bertz CT molecular complexity index is 1750. The minimum Gasteiger partial charge on any atom is -0.377 e. The second-order valence-corrected chi connectivity index (χ2v) is 13.6. The molecule has 4 aromatic carbocycles. The van der Waals surface area contributed by atoms with Gasteiger partial charge in [-0.2, -0.15) is 8.42 Å². The van der Waals surface area contributed by atoms with Gasteiger partial charge in [0.25, 0.3) is 5.91 Å². The topological polar surface area (TPSA) is 76.0 Å². The maximum Gasteiger partial charge on any atom is 0.339 e. The van der Waals surface area contributed by atoms with E-state index >= 15 is 0 Å². The molecule has 208 valence electrons. The molecular weight excluding hydrogens is 712 g/mol. The highest BCUT2D eigenvalue weighted by Gasteiger charge is 2.34. The average Bonchev–Trinajstić information content (AvgIpc) is 3.24. The molecular formula is C30H21Br2ClN2O4S2. The van der Waals surface area contributed by atoms with Crippen LogP contribution in [-0.2, 0) is 28.0 Å². The van der Waals surface area contributed by atoms with Crippen molar-refractivity contribution in [3.8, 4) is 5.75 Å². The summed E-state index contributed by atoms with van der Waals surface area (Å²) >= 11 is 14.0. The van der Waals surface area contributed by atoms with Gasteiger partial charge in [-0.15, -0.1) is 0 Å². The molecule has 0 atom stereocenters. The maximum atomic E-state index is 13.7. The molecule has 0 N–H and O–H groups in total. The fourth-order valence-corrected chi connectivity index (χ4v) is 7.46. The Morgan fingerprint density at radius 2 is 1.54 bits per heavy atom. The Morgan fingerprint density at radius 1 is 0.902 bits per heavy atom. The third-order valence-corrected chi connectivity index (χ3v) is 9.51. The van der Waals surface area contributed by atoms with E-state index < -0.39 is 10.1 Å². The van der Waals surface area contributed by atoms with Crippen molar-refractivity contribution in [2.24, 2.45) is 4.99 Å². The molecule has 0 unspecified atom stereocenters. The van der Waals surface area contributed by atoms with Crippen LogP contribution in [0.25, 0.3) is 6.08 Å². The highest BCUT2D eigenvalue weighted by molar-refractivity contribution is 9.11. The lowest BCUT2D eigenvalue weighted by Crippen LogP contribution is -2.28. The highest BCUT2D eigenvalue weighted by Crippen LogP contribution is 2.40. The summed E-state index contributed by atoms with van der Waals surface area (Å²) in [6.07, 6.45) is 1.62. The first kappa shape index (κ1) is 29.6. The summed E-state index contributed by atoms with van der Waals surface area (Å²) < 4.78 is 32.9. The van der Waals surface area contributed by atoms with Gasteiger partial charge in [-0.1, -0.05) is 88.2 Å². The van der Waals surface area contributed by atoms with Crippen LogP contribution in [0.4, 0.5) is 0 Å². The van der Waals surface area contributed by atoms with E-state index in [1.165, 1.54) is 36.0 Å². The number of amidine groups is 1. The number of amides is 1. The van der Waals surface area contributed by atoms with Crippen LogP contribution in [0.2, 0.25) is 5.02 Å². The number of carbonyl (C=O) groups excluding carboxylic acids is 1. The molecule has 11 heteroatoms. The summed E-state index contributed by atoms with van der Waals surface area (Å²) in [6.45, 7) is 0.749. The van der Waals surface area contributed by atoms with Crippen LogP contribution in [0.1, 0.15) is 16.7 Å². The normalized spacial score (nSPS) is 15.6. The van der Waals surface area contributed by atoms with E-state index in [0.29, 0.717) is 42.7 Å². The van der Waals surface area contributed by atoms with Gasteiger partial charge in [0, 0.05) is 15.1 Å². The molecule has 1 aliphatic rings.